The SMILES string of the molecule is O=C(NCC[C@@H]1CC[C@H](NC(=O)C2CCCCC2)[C@H](CO)O1)c1cnccn1. The van der Waals surface area contributed by atoms with Crippen LogP contribution in [-0.4, -0.2) is 58.3 Å². The molecule has 2 aliphatic rings. The number of hydrogen-bond donors (Lipinski definition) is 3. The molecule has 2 fully saturated rings. The van der Waals surface area contributed by atoms with Gasteiger partial charge in [-0.1, -0.05) is 19.3 Å². The monoisotopic (exact) mass is 390 g/mol. The minimum absolute atomic E-state index is 0.0536. The lowest BCUT2D eigenvalue weighted by molar-refractivity contribution is -0.132. The fraction of sp³-hybridized carbons (Fsp3) is 0.700. The van der Waals surface area contributed by atoms with Gasteiger partial charge in [0.05, 0.1) is 24.9 Å². The average Bonchev–Trinajstić information content (AvgIpc) is 2.75. The molecule has 8 nitrogen and oxygen atoms in total. The highest BCUT2D eigenvalue weighted by molar-refractivity contribution is 5.91. The van der Waals surface area contributed by atoms with Crippen molar-refractivity contribution in [2.24, 2.45) is 5.92 Å². The summed E-state index contributed by atoms with van der Waals surface area (Å²) in [6.07, 6.45) is 11.5. The number of carbonyl (C=O) groups is 2. The molecule has 2 heterocycles. The van der Waals surface area contributed by atoms with Crippen molar-refractivity contribution < 1.29 is 19.4 Å². The summed E-state index contributed by atoms with van der Waals surface area (Å²) >= 11 is 0. The van der Waals surface area contributed by atoms with E-state index in [1.807, 2.05) is 0 Å². The van der Waals surface area contributed by atoms with Gasteiger partial charge in [-0.25, -0.2) is 4.98 Å². The van der Waals surface area contributed by atoms with E-state index in [4.69, 9.17) is 4.74 Å². The molecule has 1 saturated heterocycles. The predicted octanol–water partition coefficient (Wildman–Crippen LogP) is 1.20. The molecule has 3 N–H and O–H groups in total. The van der Waals surface area contributed by atoms with E-state index in [1.54, 1.807) is 0 Å². The van der Waals surface area contributed by atoms with E-state index in [0.717, 1.165) is 38.5 Å². The van der Waals surface area contributed by atoms with Gasteiger partial charge in [0.1, 0.15) is 11.8 Å². The summed E-state index contributed by atoms with van der Waals surface area (Å²) in [5.74, 6) is -0.0659. The Morgan fingerprint density at radius 1 is 1.14 bits per heavy atom. The van der Waals surface area contributed by atoms with Gasteiger partial charge < -0.3 is 20.5 Å². The summed E-state index contributed by atoms with van der Waals surface area (Å²) in [4.78, 5) is 32.3. The minimum atomic E-state index is -0.401. The van der Waals surface area contributed by atoms with Gasteiger partial charge in [-0.3, -0.25) is 14.6 Å². The summed E-state index contributed by atoms with van der Waals surface area (Å²) in [6, 6.07) is -0.148. The summed E-state index contributed by atoms with van der Waals surface area (Å²) in [6.45, 7) is 0.329. The summed E-state index contributed by atoms with van der Waals surface area (Å²) < 4.78 is 5.98. The molecule has 3 rings (SSSR count). The smallest absolute Gasteiger partial charge is 0.271 e. The number of aliphatic hydroxyl groups excluding tert-OH is 1. The molecule has 1 aliphatic carbocycles. The van der Waals surface area contributed by atoms with Crippen molar-refractivity contribution in [1.29, 1.82) is 0 Å². The molecule has 1 aromatic rings. The van der Waals surface area contributed by atoms with E-state index in [-0.39, 0.29) is 42.2 Å². The lowest BCUT2D eigenvalue weighted by Crippen LogP contribution is -2.52. The standard InChI is InChI=1S/C20H30N4O4/c25-13-18-16(24-19(26)14-4-2-1-3-5-14)7-6-15(28-18)8-9-23-20(27)17-12-21-10-11-22-17/h10-12,14-16,18,25H,1-9,13H2,(H,23,27)(H,24,26)/t15-,16-,18-/m0/s1. The Hall–Kier alpha value is -2.06. The molecule has 0 spiro atoms. The second-order valence-electron chi connectivity index (χ2n) is 7.64. The van der Waals surface area contributed by atoms with E-state index < -0.39 is 6.10 Å². The van der Waals surface area contributed by atoms with Crippen molar-refractivity contribution in [3.8, 4) is 0 Å². The number of ether oxygens (including phenoxy) is 1. The lowest BCUT2D eigenvalue weighted by Gasteiger charge is -2.37. The van der Waals surface area contributed by atoms with Crippen molar-refractivity contribution in [3.05, 3.63) is 24.3 Å². The third-order valence-corrected chi connectivity index (χ3v) is 5.65. The molecule has 8 heteroatoms. The maximum absolute atomic E-state index is 12.5. The van der Waals surface area contributed by atoms with Crippen LogP contribution in [0.5, 0.6) is 0 Å². The fourth-order valence-electron chi connectivity index (χ4n) is 4.03. The molecular formula is C20H30N4O4. The van der Waals surface area contributed by atoms with Crippen molar-refractivity contribution in [2.75, 3.05) is 13.2 Å². The normalized spacial score (nSPS) is 25.8. The van der Waals surface area contributed by atoms with E-state index in [2.05, 4.69) is 20.6 Å². The average molecular weight is 390 g/mol. The van der Waals surface area contributed by atoms with Crippen molar-refractivity contribution in [2.45, 2.75) is 69.6 Å². The number of rotatable bonds is 7. The van der Waals surface area contributed by atoms with Gasteiger partial charge in [0, 0.05) is 24.9 Å². The highest BCUT2D eigenvalue weighted by atomic mass is 16.5. The van der Waals surface area contributed by atoms with Gasteiger partial charge in [-0.2, -0.15) is 0 Å². The zero-order valence-corrected chi connectivity index (χ0v) is 16.2. The van der Waals surface area contributed by atoms with Gasteiger partial charge in [0.15, 0.2) is 0 Å². The number of aliphatic hydroxyl groups is 1. The van der Waals surface area contributed by atoms with Crippen LogP contribution in [0.1, 0.15) is 61.9 Å². The van der Waals surface area contributed by atoms with Crippen LogP contribution < -0.4 is 10.6 Å². The Balaban J connectivity index is 1.41. The number of nitrogens with zero attached hydrogens (tertiary/aromatic N) is 2. The predicted molar refractivity (Wildman–Crippen MR) is 102 cm³/mol. The highest BCUT2D eigenvalue weighted by Crippen LogP contribution is 2.26. The van der Waals surface area contributed by atoms with Crippen LogP contribution in [0, 0.1) is 5.92 Å². The Kier molecular flexibility index (Phi) is 7.73. The van der Waals surface area contributed by atoms with Crippen LogP contribution in [-0.2, 0) is 9.53 Å². The molecule has 0 unspecified atom stereocenters. The van der Waals surface area contributed by atoms with Gasteiger partial charge >= 0.3 is 0 Å². The molecule has 28 heavy (non-hydrogen) atoms. The van der Waals surface area contributed by atoms with E-state index in [9.17, 15) is 14.7 Å². The van der Waals surface area contributed by atoms with Gasteiger partial charge in [-0.15, -0.1) is 0 Å². The number of amides is 2. The Morgan fingerprint density at radius 2 is 1.96 bits per heavy atom. The summed E-state index contributed by atoms with van der Waals surface area (Å²) in [7, 11) is 0. The maximum atomic E-state index is 12.5. The molecule has 2 amide bonds. The zero-order valence-electron chi connectivity index (χ0n) is 16.2. The second-order valence-corrected chi connectivity index (χ2v) is 7.64. The molecule has 3 atom stereocenters. The quantitative estimate of drug-likeness (QED) is 0.645. The van der Waals surface area contributed by atoms with Crippen LogP contribution >= 0.6 is 0 Å². The Bertz CT molecular complexity index is 636. The second kappa shape index (κ2) is 10.5. The molecule has 1 saturated carbocycles. The Morgan fingerprint density at radius 3 is 2.68 bits per heavy atom. The van der Waals surface area contributed by atoms with Crippen LogP contribution in [0.25, 0.3) is 0 Å². The first-order valence-electron chi connectivity index (χ1n) is 10.3. The number of carbonyl (C=O) groups excluding carboxylic acids is 2. The maximum Gasteiger partial charge on any atom is 0.271 e. The Labute approximate surface area is 165 Å². The van der Waals surface area contributed by atoms with Gasteiger partial charge in [0.2, 0.25) is 5.91 Å². The van der Waals surface area contributed by atoms with Crippen molar-refractivity contribution >= 4 is 11.8 Å². The fourth-order valence-corrected chi connectivity index (χ4v) is 4.03. The van der Waals surface area contributed by atoms with Crippen LogP contribution in [0.15, 0.2) is 18.6 Å². The van der Waals surface area contributed by atoms with Crippen molar-refractivity contribution in [1.82, 2.24) is 20.6 Å². The molecule has 0 radical (unpaired) electrons. The number of hydrogen-bond acceptors (Lipinski definition) is 6. The first kappa shape index (κ1) is 20.7. The molecule has 1 aliphatic heterocycles. The first-order valence-corrected chi connectivity index (χ1v) is 10.3. The zero-order chi connectivity index (χ0) is 19.8. The molecular weight excluding hydrogens is 360 g/mol. The molecule has 0 bridgehead atoms. The van der Waals surface area contributed by atoms with Crippen LogP contribution in [0.3, 0.4) is 0 Å². The molecule has 1 aromatic heterocycles. The van der Waals surface area contributed by atoms with Crippen molar-refractivity contribution in [3.63, 3.8) is 0 Å². The molecule has 154 valence electrons. The van der Waals surface area contributed by atoms with Crippen LogP contribution in [0.4, 0.5) is 0 Å². The van der Waals surface area contributed by atoms with Gasteiger partial charge in [-0.05, 0) is 32.1 Å². The lowest BCUT2D eigenvalue weighted by atomic mass is 9.88. The van der Waals surface area contributed by atoms with E-state index in [0.29, 0.717) is 13.0 Å². The first-order chi connectivity index (χ1) is 13.7. The summed E-state index contributed by atoms with van der Waals surface area (Å²) in [5.41, 5.74) is 0.283. The van der Waals surface area contributed by atoms with E-state index >= 15 is 0 Å². The highest BCUT2D eigenvalue weighted by Gasteiger charge is 2.33. The number of aromatic nitrogens is 2. The largest absolute Gasteiger partial charge is 0.394 e. The minimum Gasteiger partial charge on any atom is -0.394 e. The molecule has 0 aromatic carbocycles. The number of nitrogens with one attached hydrogen (secondary N) is 2. The topological polar surface area (TPSA) is 113 Å². The van der Waals surface area contributed by atoms with E-state index in [1.165, 1.54) is 25.0 Å². The summed E-state index contributed by atoms with van der Waals surface area (Å²) in [5, 5.41) is 15.6. The van der Waals surface area contributed by atoms with Crippen LogP contribution in [0.2, 0.25) is 0 Å². The van der Waals surface area contributed by atoms with Gasteiger partial charge in [0.25, 0.3) is 5.91 Å². The third kappa shape index (κ3) is 5.72. The third-order valence-electron chi connectivity index (χ3n) is 5.65.